The number of methoxy groups -OCH3 is 4. The van der Waals surface area contributed by atoms with Gasteiger partial charge in [0.05, 0.1) is 38.5 Å². The van der Waals surface area contributed by atoms with Crippen LogP contribution in [0.15, 0.2) is 115 Å². The van der Waals surface area contributed by atoms with Crippen LogP contribution in [-0.2, 0) is 13.1 Å². The molecular formula is C46H53Cl2F4N3O5. The third-order valence-corrected chi connectivity index (χ3v) is 8.69. The molecule has 0 bridgehead atoms. The topological polar surface area (TPSA) is 121 Å². The molecule has 324 valence electrons. The first-order valence-corrected chi connectivity index (χ1v) is 18.8. The lowest BCUT2D eigenvalue weighted by Crippen LogP contribution is -2.01. The first-order valence-electron chi connectivity index (χ1n) is 18.1. The van der Waals surface area contributed by atoms with Crippen LogP contribution in [0.1, 0.15) is 27.8 Å². The highest BCUT2D eigenvalue weighted by Gasteiger charge is 2.09. The quantitative estimate of drug-likeness (QED) is 0.0881. The zero-order valence-corrected chi connectivity index (χ0v) is 36.4. The molecule has 6 aromatic carbocycles. The average molecular weight is 875 g/mol. The Kier molecular flexibility index (Phi) is 25.1. The number of benzene rings is 6. The van der Waals surface area contributed by atoms with Gasteiger partial charge in [-0.05, 0) is 68.3 Å². The Morgan fingerprint density at radius 1 is 0.550 bits per heavy atom. The van der Waals surface area contributed by atoms with Crippen molar-refractivity contribution >= 4 is 34.6 Å². The number of nitrogens with two attached hydrogens (primary N) is 2. The van der Waals surface area contributed by atoms with Crippen molar-refractivity contribution in [2.45, 2.75) is 33.9 Å². The number of nitrogen functional groups attached to an aromatic ring is 1. The van der Waals surface area contributed by atoms with Crippen molar-refractivity contribution in [1.82, 2.24) is 0 Å². The van der Waals surface area contributed by atoms with Gasteiger partial charge in [0.2, 0.25) is 0 Å². The molecular weight excluding hydrogens is 821 g/mol. The minimum atomic E-state index is -0.346. The molecule has 0 spiro atoms. The molecule has 0 atom stereocenters. The molecule has 14 heteroatoms. The summed E-state index contributed by atoms with van der Waals surface area (Å²) in [6.07, 6.45) is 0. The fourth-order valence-corrected chi connectivity index (χ4v) is 5.26. The molecule has 0 amide bonds. The van der Waals surface area contributed by atoms with Crippen LogP contribution >= 0.6 is 23.2 Å². The fraction of sp³-hybridized carbons (Fsp3) is 0.217. The van der Waals surface area contributed by atoms with Gasteiger partial charge < -0.3 is 40.8 Å². The molecule has 0 fully saturated rings. The molecule has 0 aliphatic carbocycles. The molecule has 0 aliphatic heterocycles. The number of rotatable bonds is 8. The maximum Gasteiger partial charge on any atom is 0.143 e. The van der Waals surface area contributed by atoms with E-state index in [1.165, 1.54) is 69.4 Å². The van der Waals surface area contributed by atoms with Gasteiger partial charge in [-0.25, -0.2) is 17.6 Å². The summed E-state index contributed by atoms with van der Waals surface area (Å²) < 4.78 is 71.4. The van der Waals surface area contributed by atoms with E-state index in [2.05, 4.69) is 5.32 Å². The van der Waals surface area contributed by atoms with Crippen molar-refractivity contribution in [2.75, 3.05) is 46.6 Å². The number of aliphatic hydroxyl groups excluding tert-OH is 1. The predicted molar refractivity (Wildman–Crippen MR) is 237 cm³/mol. The Labute approximate surface area is 360 Å². The van der Waals surface area contributed by atoms with Crippen LogP contribution < -0.4 is 35.7 Å². The highest BCUT2D eigenvalue weighted by Crippen LogP contribution is 2.30. The van der Waals surface area contributed by atoms with Gasteiger partial charge in [-0.15, -0.1) is 0 Å². The number of hydrogen-bond acceptors (Lipinski definition) is 8. The smallest absolute Gasteiger partial charge is 0.143 e. The van der Waals surface area contributed by atoms with E-state index in [1.807, 2.05) is 60.7 Å². The Hall–Kier alpha value is -5.66. The highest BCUT2D eigenvalue weighted by molar-refractivity contribution is 6.32. The number of nitrogens with one attached hydrogen (secondary N) is 1. The van der Waals surface area contributed by atoms with E-state index in [4.69, 9.17) is 58.7 Å². The molecule has 0 radical (unpaired) electrons. The molecule has 6 rings (SSSR count). The van der Waals surface area contributed by atoms with E-state index in [9.17, 15) is 17.6 Å². The molecule has 0 heterocycles. The lowest BCUT2D eigenvalue weighted by atomic mass is 10.1. The monoisotopic (exact) mass is 873 g/mol. The summed E-state index contributed by atoms with van der Waals surface area (Å²) in [5, 5.41) is 11.0. The fourth-order valence-electron chi connectivity index (χ4n) is 4.79. The maximum atomic E-state index is 13.6. The van der Waals surface area contributed by atoms with Crippen molar-refractivity contribution in [2.24, 2.45) is 5.73 Å². The number of anilines is 2. The van der Waals surface area contributed by atoms with Crippen LogP contribution in [0.5, 0.6) is 23.0 Å². The molecule has 0 saturated carbocycles. The summed E-state index contributed by atoms with van der Waals surface area (Å²) in [6.45, 7) is 6.27. The summed E-state index contributed by atoms with van der Waals surface area (Å²) in [7, 11) is 6.94. The predicted octanol–water partition coefficient (Wildman–Crippen LogP) is 11.5. The van der Waals surface area contributed by atoms with Crippen molar-refractivity contribution < 1.29 is 41.6 Å². The highest BCUT2D eigenvalue weighted by atomic mass is 35.5. The van der Waals surface area contributed by atoms with E-state index in [0.717, 1.165) is 18.4 Å². The first-order chi connectivity index (χ1) is 28.7. The van der Waals surface area contributed by atoms with Crippen LogP contribution in [-0.4, -0.2) is 40.7 Å². The Bertz CT molecular complexity index is 2150. The van der Waals surface area contributed by atoms with E-state index in [-0.39, 0.29) is 23.3 Å². The zero-order valence-electron chi connectivity index (χ0n) is 34.9. The van der Waals surface area contributed by atoms with E-state index >= 15 is 0 Å². The minimum Gasteiger partial charge on any atom is -0.496 e. The second-order valence-corrected chi connectivity index (χ2v) is 12.9. The number of hydrogen-bond donors (Lipinski definition) is 4. The third kappa shape index (κ3) is 18.1. The molecule has 0 aliphatic rings. The largest absolute Gasteiger partial charge is 0.496 e. The summed E-state index contributed by atoms with van der Waals surface area (Å²) in [4.78, 5) is 0. The van der Waals surface area contributed by atoms with Gasteiger partial charge in [-0.1, -0.05) is 83.9 Å². The summed E-state index contributed by atoms with van der Waals surface area (Å²) in [5.41, 5.74) is 15.6. The summed E-state index contributed by atoms with van der Waals surface area (Å²) >= 11 is 11.3. The Morgan fingerprint density at radius 3 is 1.52 bits per heavy atom. The SMILES string of the molecule is CO.COc1c(Cl)ccc(F)c1C.COc1cc(F)ccc1Cl.COc1cc(N)cc(F)c1C.COc1cc(NCc2ccccc2)cc(F)c1C.NCc1ccccc1. The molecule has 6 aromatic rings. The summed E-state index contributed by atoms with van der Waals surface area (Å²) in [5.74, 6) is 0.584. The second kappa shape index (κ2) is 28.7. The van der Waals surface area contributed by atoms with Gasteiger partial charge in [0.15, 0.2) is 0 Å². The van der Waals surface area contributed by atoms with Crippen molar-refractivity contribution in [3.63, 3.8) is 0 Å². The van der Waals surface area contributed by atoms with Gasteiger partial charge in [0.1, 0.15) is 46.3 Å². The van der Waals surface area contributed by atoms with Gasteiger partial charge >= 0.3 is 0 Å². The van der Waals surface area contributed by atoms with E-state index in [0.29, 0.717) is 68.5 Å². The zero-order chi connectivity index (χ0) is 45.2. The van der Waals surface area contributed by atoms with Crippen LogP contribution in [0.4, 0.5) is 28.9 Å². The molecule has 6 N–H and O–H groups in total. The molecule has 0 saturated heterocycles. The number of aliphatic hydroxyl groups is 1. The van der Waals surface area contributed by atoms with Gasteiger partial charge in [0, 0.05) is 66.5 Å². The lowest BCUT2D eigenvalue weighted by molar-refractivity contribution is 0.399. The van der Waals surface area contributed by atoms with Crippen LogP contribution in [0.25, 0.3) is 0 Å². The van der Waals surface area contributed by atoms with Crippen molar-refractivity contribution in [1.29, 1.82) is 0 Å². The number of ether oxygens (including phenoxy) is 4. The van der Waals surface area contributed by atoms with Gasteiger partial charge in [-0.2, -0.15) is 0 Å². The van der Waals surface area contributed by atoms with Crippen LogP contribution in [0, 0.1) is 44.0 Å². The second-order valence-electron chi connectivity index (χ2n) is 12.1. The molecule has 0 unspecified atom stereocenters. The van der Waals surface area contributed by atoms with Crippen molar-refractivity contribution in [3.8, 4) is 23.0 Å². The van der Waals surface area contributed by atoms with E-state index < -0.39 is 0 Å². The number of halogens is 6. The summed E-state index contributed by atoms with van der Waals surface area (Å²) in [6, 6.07) is 32.9. The minimum absolute atomic E-state index is 0.259. The molecule has 8 nitrogen and oxygen atoms in total. The molecule has 0 aromatic heterocycles. The van der Waals surface area contributed by atoms with Crippen LogP contribution in [0.3, 0.4) is 0 Å². The lowest BCUT2D eigenvalue weighted by Gasteiger charge is -2.11. The van der Waals surface area contributed by atoms with Gasteiger partial charge in [0.25, 0.3) is 0 Å². The third-order valence-electron chi connectivity index (χ3n) is 8.08. The Morgan fingerprint density at radius 2 is 1.05 bits per heavy atom. The first kappa shape index (κ1) is 52.4. The van der Waals surface area contributed by atoms with Crippen molar-refractivity contribution in [3.05, 3.63) is 176 Å². The average Bonchev–Trinajstić information content (AvgIpc) is 3.27. The maximum absolute atomic E-state index is 13.6. The van der Waals surface area contributed by atoms with Gasteiger partial charge in [-0.3, -0.25) is 0 Å². The normalized spacial score (nSPS) is 9.53. The molecule has 60 heavy (non-hydrogen) atoms. The van der Waals surface area contributed by atoms with Crippen LogP contribution in [0.2, 0.25) is 10.0 Å². The standard InChI is InChI=1S/C15H16FNO.C8H8ClFO.C8H10FNO.C7H6ClFO.C7H9N.CH4O/c1-11-14(16)8-13(9-15(11)18-2)17-10-12-6-4-3-5-7-12;1-5-7(10)4-3-6(9)8(5)11-2;1-5-7(9)3-6(10)4-8(5)11-2;1-10-7-4-5(9)2-3-6(7)8;8-6-7-4-2-1-3-5-7;1-2/h3-9,17H,10H2,1-2H3;3-4H,1-2H3;3-4H,10H2,1-2H3;2-4H,1H3;1-5H,6,8H2;2H,1H3. The Balaban J connectivity index is 0.000000382. The van der Waals surface area contributed by atoms with E-state index in [1.54, 1.807) is 40.0 Å².